The molecule has 2 heterocycles. The maximum Gasteiger partial charge on any atom is 0.242 e. The Kier molecular flexibility index (Phi) is 6.09. The average Bonchev–Trinajstić information content (AvgIpc) is 3.45. The zero-order valence-corrected chi connectivity index (χ0v) is 18.2. The second-order valence-electron chi connectivity index (χ2n) is 6.78. The van der Waals surface area contributed by atoms with E-state index < -0.39 is 16.1 Å². The molecule has 0 aliphatic carbocycles. The number of fused-ring (bicyclic) bond motifs is 1. The van der Waals surface area contributed by atoms with Crippen LogP contribution < -0.4 is 27.1 Å². The van der Waals surface area contributed by atoms with Crippen LogP contribution in [0.4, 0.5) is 5.95 Å². The van der Waals surface area contributed by atoms with Gasteiger partial charge in [0.15, 0.2) is 5.95 Å². The molecule has 0 spiro atoms. The van der Waals surface area contributed by atoms with E-state index in [9.17, 15) is 8.42 Å². The van der Waals surface area contributed by atoms with Crippen molar-refractivity contribution in [2.45, 2.75) is 15.8 Å². The Balaban J connectivity index is 1.99. The third kappa shape index (κ3) is 3.92. The molecule has 4 rings (SSSR count). The van der Waals surface area contributed by atoms with Gasteiger partial charge in [0, 0.05) is 30.3 Å². The predicted octanol–water partition coefficient (Wildman–Crippen LogP) is -0.478. The van der Waals surface area contributed by atoms with Gasteiger partial charge in [-0.3, -0.25) is 5.14 Å². The fraction of sp³-hybridized carbons (Fsp3) is 0.176. The first-order chi connectivity index (χ1) is 15.4. The summed E-state index contributed by atoms with van der Waals surface area (Å²) in [6.07, 6.45) is 0. The van der Waals surface area contributed by atoms with Crippen molar-refractivity contribution >= 4 is 39.0 Å². The van der Waals surface area contributed by atoms with E-state index in [1.165, 1.54) is 6.07 Å². The van der Waals surface area contributed by atoms with Gasteiger partial charge in [-0.05, 0) is 34.9 Å². The van der Waals surface area contributed by atoms with Crippen LogP contribution in [-0.2, 0) is 10.0 Å². The van der Waals surface area contributed by atoms with Gasteiger partial charge in [-0.2, -0.15) is 5.21 Å². The van der Waals surface area contributed by atoms with Crippen LogP contribution in [0.2, 0.25) is 0 Å². The number of H-pyrrole nitrogens is 2. The molecule has 0 amide bonds. The van der Waals surface area contributed by atoms with Gasteiger partial charge in [-0.15, -0.1) is 10.2 Å². The molecule has 4 aromatic rings. The second-order valence-corrected chi connectivity index (χ2v) is 9.11. The zero-order chi connectivity index (χ0) is 22.9. The number of imidazole rings is 1. The van der Waals surface area contributed by atoms with Gasteiger partial charge >= 0.3 is 0 Å². The van der Waals surface area contributed by atoms with E-state index in [1.807, 2.05) is 18.2 Å². The zero-order valence-electron chi connectivity index (χ0n) is 16.6. The topological polar surface area (TPSA) is 233 Å². The Labute approximate surface area is 186 Å². The van der Waals surface area contributed by atoms with Gasteiger partial charge in [-0.25, -0.2) is 18.1 Å². The third-order valence-corrected chi connectivity index (χ3v) is 7.16. The first kappa shape index (κ1) is 22.1. The summed E-state index contributed by atoms with van der Waals surface area (Å²) in [6.45, 7) is 0.0817. The first-order valence-electron chi connectivity index (χ1n) is 9.34. The SMILES string of the molecule is NCC(CN)NS(=O)(=O)c1ccc(-c2cccc3[nH]c(N)nc23)c(-c2nn[nH]n2)c1SN. The highest BCUT2D eigenvalue weighted by Crippen LogP contribution is 2.42. The van der Waals surface area contributed by atoms with E-state index in [2.05, 4.69) is 35.3 Å². The summed E-state index contributed by atoms with van der Waals surface area (Å²) < 4.78 is 28.8. The quantitative estimate of drug-likeness (QED) is 0.161. The number of nitrogens with one attached hydrogen (secondary N) is 3. The molecule has 0 bridgehead atoms. The van der Waals surface area contributed by atoms with Crippen molar-refractivity contribution in [3.63, 3.8) is 0 Å². The van der Waals surface area contributed by atoms with Crippen molar-refractivity contribution in [1.29, 1.82) is 0 Å². The number of rotatable bonds is 8. The molecule has 0 fully saturated rings. The van der Waals surface area contributed by atoms with Gasteiger partial charge in [0.25, 0.3) is 0 Å². The van der Waals surface area contributed by atoms with E-state index in [0.717, 1.165) is 11.9 Å². The Morgan fingerprint density at radius 1 is 1.12 bits per heavy atom. The number of hydrogen-bond donors (Lipinski definition) is 7. The number of benzene rings is 2. The summed E-state index contributed by atoms with van der Waals surface area (Å²) >= 11 is 0.753. The average molecular weight is 476 g/mol. The summed E-state index contributed by atoms with van der Waals surface area (Å²) in [5.74, 6) is 0.416. The van der Waals surface area contributed by atoms with E-state index in [-0.39, 0.29) is 34.7 Å². The van der Waals surface area contributed by atoms with Gasteiger partial charge in [-0.1, -0.05) is 18.2 Å². The van der Waals surface area contributed by atoms with Crippen molar-refractivity contribution in [1.82, 2.24) is 35.3 Å². The molecule has 0 unspecified atom stereocenters. The van der Waals surface area contributed by atoms with E-state index >= 15 is 0 Å². The van der Waals surface area contributed by atoms with Crippen LogP contribution in [-0.4, -0.2) is 58.1 Å². The number of nitrogens with zero attached hydrogens (tertiary/aromatic N) is 4. The van der Waals surface area contributed by atoms with Crippen LogP contribution in [0, 0.1) is 0 Å². The Hall–Kier alpha value is -3.08. The molecule has 0 saturated heterocycles. The Morgan fingerprint density at radius 2 is 1.91 bits per heavy atom. The Morgan fingerprint density at radius 3 is 2.56 bits per heavy atom. The highest BCUT2D eigenvalue weighted by Gasteiger charge is 2.28. The van der Waals surface area contributed by atoms with Crippen molar-refractivity contribution in [3.05, 3.63) is 30.3 Å². The van der Waals surface area contributed by atoms with E-state index in [1.54, 1.807) is 6.07 Å². The number of aromatic nitrogens is 6. The molecular formula is C17H21N11O2S2. The maximum absolute atomic E-state index is 13.1. The lowest BCUT2D eigenvalue weighted by molar-refractivity contribution is 0.550. The van der Waals surface area contributed by atoms with Crippen molar-refractivity contribution in [2.75, 3.05) is 18.8 Å². The maximum atomic E-state index is 13.1. The molecule has 0 aliphatic heterocycles. The number of aromatic amines is 2. The van der Waals surface area contributed by atoms with Crippen molar-refractivity contribution in [3.8, 4) is 22.5 Å². The predicted molar refractivity (Wildman–Crippen MR) is 121 cm³/mol. The number of tetrazole rings is 1. The van der Waals surface area contributed by atoms with Gasteiger partial charge in [0.2, 0.25) is 15.8 Å². The normalized spacial score (nSPS) is 12.1. The van der Waals surface area contributed by atoms with Crippen LogP contribution in [0.1, 0.15) is 0 Å². The monoisotopic (exact) mass is 475 g/mol. The highest BCUT2D eigenvalue weighted by molar-refractivity contribution is 7.98. The lowest BCUT2D eigenvalue weighted by Gasteiger charge is -2.19. The van der Waals surface area contributed by atoms with Crippen molar-refractivity contribution in [2.24, 2.45) is 16.6 Å². The minimum absolute atomic E-state index is 0.0409. The number of hydrogen-bond acceptors (Lipinski definition) is 11. The molecule has 2 aromatic heterocycles. The largest absolute Gasteiger partial charge is 0.369 e. The standard InChI is InChI=1S/C17H21N11O2S2/c18-6-8(7-19)26-32(29,30)12-5-4-9(13(15(12)31-21)16-24-27-28-25-16)10-2-1-3-11-14(10)23-17(20)22-11/h1-5,8,26H,6-7,18-19,21H2,(H3,20,22,23)(H,24,25,27,28). The smallest absolute Gasteiger partial charge is 0.242 e. The molecular weight excluding hydrogens is 454 g/mol. The molecule has 0 radical (unpaired) electrons. The summed E-state index contributed by atoms with van der Waals surface area (Å²) in [5, 5.41) is 20.1. The molecule has 2 aromatic carbocycles. The van der Waals surface area contributed by atoms with Crippen LogP contribution >= 0.6 is 11.9 Å². The minimum atomic E-state index is -4.02. The molecule has 0 atom stereocenters. The molecule has 15 heteroatoms. The fourth-order valence-corrected chi connectivity index (χ4v) is 5.68. The molecule has 32 heavy (non-hydrogen) atoms. The summed E-state index contributed by atoms with van der Waals surface area (Å²) in [4.78, 5) is 7.51. The highest BCUT2D eigenvalue weighted by atomic mass is 32.2. The molecule has 0 saturated carbocycles. The minimum Gasteiger partial charge on any atom is -0.369 e. The van der Waals surface area contributed by atoms with Gasteiger partial charge in [0.1, 0.15) is 0 Å². The van der Waals surface area contributed by atoms with Gasteiger partial charge < -0.3 is 22.2 Å². The summed E-state index contributed by atoms with van der Waals surface area (Å²) in [5.41, 5.74) is 20.0. The van der Waals surface area contributed by atoms with Crippen LogP contribution in [0.5, 0.6) is 0 Å². The van der Waals surface area contributed by atoms with Crippen LogP contribution in [0.15, 0.2) is 40.1 Å². The first-order valence-corrected chi connectivity index (χ1v) is 11.7. The fourth-order valence-electron chi connectivity index (χ4n) is 3.35. The Bertz CT molecular complexity index is 1350. The van der Waals surface area contributed by atoms with Gasteiger partial charge in [0.05, 0.1) is 20.8 Å². The molecule has 0 aliphatic rings. The number of nitrogens with two attached hydrogens (primary N) is 4. The third-order valence-electron chi connectivity index (χ3n) is 4.81. The van der Waals surface area contributed by atoms with E-state index in [0.29, 0.717) is 27.7 Å². The summed E-state index contributed by atoms with van der Waals surface area (Å²) in [6, 6.07) is 7.94. The number of nitrogen functional groups attached to an aromatic ring is 1. The van der Waals surface area contributed by atoms with Crippen LogP contribution in [0.25, 0.3) is 33.5 Å². The van der Waals surface area contributed by atoms with Crippen molar-refractivity contribution < 1.29 is 8.42 Å². The van der Waals surface area contributed by atoms with Crippen LogP contribution in [0.3, 0.4) is 0 Å². The lowest BCUT2D eigenvalue weighted by Crippen LogP contribution is -2.45. The molecule has 168 valence electrons. The number of para-hydroxylation sites is 1. The van der Waals surface area contributed by atoms with E-state index in [4.69, 9.17) is 22.3 Å². The number of anilines is 1. The lowest BCUT2D eigenvalue weighted by atomic mass is 9.98. The molecule has 11 N–H and O–H groups in total. The molecule has 13 nitrogen and oxygen atoms in total. The second kappa shape index (κ2) is 8.81. The summed E-state index contributed by atoms with van der Waals surface area (Å²) in [7, 11) is -4.02. The number of sulfonamides is 1.